The van der Waals surface area contributed by atoms with Crippen molar-refractivity contribution in [3.8, 4) is 0 Å². The number of hydrogen-bond donors (Lipinski definition) is 1. The molecule has 1 saturated carbocycles. The molecule has 0 spiro atoms. The summed E-state index contributed by atoms with van der Waals surface area (Å²) in [5.41, 5.74) is 0. The lowest BCUT2D eigenvalue weighted by Crippen LogP contribution is -2.34. The minimum Gasteiger partial charge on any atom is -0.469 e. The number of rotatable bonds is 3. The minimum absolute atomic E-state index is 0.0331. The molecule has 18 heavy (non-hydrogen) atoms. The van der Waals surface area contributed by atoms with E-state index in [1.807, 2.05) is 0 Å². The van der Waals surface area contributed by atoms with Crippen molar-refractivity contribution in [3.05, 3.63) is 24.2 Å². The Hall–Kier alpha value is -0.970. The van der Waals surface area contributed by atoms with E-state index in [4.69, 9.17) is 4.42 Å². The minimum atomic E-state index is -4.14. The Kier molecular flexibility index (Phi) is 4.00. The van der Waals surface area contributed by atoms with Crippen LogP contribution in [-0.4, -0.2) is 17.4 Å². The van der Waals surface area contributed by atoms with Crippen molar-refractivity contribution in [2.75, 3.05) is 0 Å². The second-order valence-corrected chi connectivity index (χ2v) is 5.02. The lowest BCUT2D eigenvalue weighted by molar-refractivity contribution is -0.188. The van der Waals surface area contributed by atoms with Crippen molar-refractivity contribution in [3.63, 3.8) is 0 Å². The van der Waals surface area contributed by atoms with Crippen LogP contribution in [0.25, 0.3) is 0 Å². The normalized spacial score (nSPS) is 27.1. The van der Waals surface area contributed by atoms with Crippen LogP contribution in [0, 0.1) is 11.8 Å². The van der Waals surface area contributed by atoms with Crippen LogP contribution in [0.1, 0.15) is 31.4 Å². The lowest BCUT2D eigenvalue weighted by Gasteiger charge is -2.33. The molecule has 1 aliphatic carbocycles. The van der Waals surface area contributed by atoms with Gasteiger partial charge in [-0.2, -0.15) is 13.2 Å². The molecule has 0 saturated heterocycles. The molecule has 0 bridgehead atoms. The maximum atomic E-state index is 12.7. The van der Waals surface area contributed by atoms with E-state index in [1.165, 1.54) is 6.26 Å². The van der Waals surface area contributed by atoms with Gasteiger partial charge in [-0.1, -0.05) is 6.42 Å². The van der Waals surface area contributed by atoms with Crippen LogP contribution in [0.5, 0.6) is 0 Å². The van der Waals surface area contributed by atoms with E-state index in [2.05, 4.69) is 0 Å². The van der Waals surface area contributed by atoms with Crippen molar-refractivity contribution >= 4 is 0 Å². The van der Waals surface area contributed by atoms with Crippen molar-refractivity contribution < 1.29 is 22.7 Å². The summed E-state index contributed by atoms with van der Waals surface area (Å²) in [4.78, 5) is 0. The molecule has 5 heteroatoms. The third kappa shape index (κ3) is 3.28. The van der Waals surface area contributed by atoms with Gasteiger partial charge in [-0.05, 0) is 37.3 Å². The highest BCUT2D eigenvalue weighted by molar-refractivity contribution is 5.00. The Bertz CT molecular complexity index is 359. The molecule has 1 N–H and O–H groups in total. The van der Waals surface area contributed by atoms with E-state index in [0.29, 0.717) is 25.0 Å². The predicted molar refractivity (Wildman–Crippen MR) is 59.9 cm³/mol. The van der Waals surface area contributed by atoms with Gasteiger partial charge in [0.2, 0.25) is 0 Å². The van der Waals surface area contributed by atoms with E-state index in [9.17, 15) is 18.3 Å². The number of aliphatic hydroxyl groups is 1. The van der Waals surface area contributed by atoms with Gasteiger partial charge in [-0.3, -0.25) is 0 Å². The van der Waals surface area contributed by atoms with Gasteiger partial charge >= 0.3 is 6.18 Å². The number of furan rings is 1. The molecule has 0 radical (unpaired) electrons. The quantitative estimate of drug-likeness (QED) is 0.903. The van der Waals surface area contributed by atoms with Gasteiger partial charge < -0.3 is 9.52 Å². The fourth-order valence-corrected chi connectivity index (χ4v) is 2.68. The maximum absolute atomic E-state index is 12.7. The summed E-state index contributed by atoms with van der Waals surface area (Å²) in [7, 11) is 0. The summed E-state index contributed by atoms with van der Waals surface area (Å²) in [5.74, 6) is -0.922. The second kappa shape index (κ2) is 5.34. The van der Waals surface area contributed by atoms with E-state index in [0.717, 1.165) is 0 Å². The smallest absolute Gasteiger partial charge is 0.391 e. The van der Waals surface area contributed by atoms with Crippen LogP contribution in [-0.2, 0) is 6.42 Å². The van der Waals surface area contributed by atoms with Gasteiger partial charge in [-0.25, -0.2) is 0 Å². The summed E-state index contributed by atoms with van der Waals surface area (Å²) in [6.07, 6.45) is -1.68. The average Bonchev–Trinajstić information content (AvgIpc) is 2.81. The fourth-order valence-electron chi connectivity index (χ4n) is 2.68. The molecule has 1 aromatic heterocycles. The zero-order chi connectivity index (χ0) is 13.2. The average molecular weight is 262 g/mol. The molecular formula is C13H17F3O2. The van der Waals surface area contributed by atoms with E-state index in [-0.39, 0.29) is 18.8 Å². The van der Waals surface area contributed by atoms with Gasteiger partial charge in [-0.15, -0.1) is 0 Å². The number of hydrogen-bond acceptors (Lipinski definition) is 2. The van der Waals surface area contributed by atoms with Crippen molar-refractivity contribution in [1.82, 2.24) is 0 Å². The van der Waals surface area contributed by atoms with Gasteiger partial charge in [0.1, 0.15) is 5.76 Å². The van der Waals surface area contributed by atoms with E-state index >= 15 is 0 Å². The maximum Gasteiger partial charge on any atom is 0.391 e. The van der Waals surface area contributed by atoms with E-state index < -0.39 is 18.2 Å². The monoisotopic (exact) mass is 262 g/mol. The molecule has 0 aliphatic heterocycles. The molecule has 2 nitrogen and oxygen atoms in total. The molecule has 3 atom stereocenters. The first-order valence-electron chi connectivity index (χ1n) is 6.24. The second-order valence-electron chi connectivity index (χ2n) is 5.02. The Morgan fingerprint density at radius 1 is 1.39 bits per heavy atom. The van der Waals surface area contributed by atoms with Crippen LogP contribution in [0.15, 0.2) is 22.8 Å². The lowest BCUT2D eigenvalue weighted by atomic mass is 9.77. The molecule has 0 amide bonds. The SMILES string of the molecule is OC(Cc1ccco1)C1CCCC(C(F)(F)F)C1. The highest BCUT2D eigenvalue weighted by atomic mass is 19.4. The van der Waals surface area contributed by atoms with Gasteiger partial charge in [0.25, 0.3) is 0 Å². The Morgan fingerprint density at radius 2 is 2.17 bits per heavy atom. The van der Waals surface area contributed by atoms with Crippen molar-refractivity contribution in [2.24, 2.45) is 11.8 Å². The molecule has 2 rings (SSSR count). The first-order valence-corrected chi connectivity index (χ1v) is 6.24. The molecule has 1 aliphatic rings. The highest BCUT2D eigenvalue weighted by Crippen LogP contribution is 2.41. The zero-order valence-corrected chi connectivity index (χ0v) is 9.99. The third-order valence-corrected chi connectivity index (χ3v) is 3.71. The largest absolute Gasteiger partial charge is 0.469 e. The molecule has 1 heterocycles. The summed E-state index contributed by atoms with van der Waals surface area (Å²) in [5, 5.41) is 10.0. The first kappa shape index (κ1) is 13.5. The molecule has 102 valence electrons. The summed E-state index contributed by atoms with van der Waals surface area (Å²) >= 11 is 0. The molecule has 0 aromatic carbocycles. The number of aliphatic hydroxyl groups excluding tert-OH is 1. The molecule has 1 fully saturated rings. The topological polar surface area (TPSA) is 33.4 Å². The first-order chi connectivity index (χ1) is 8.47. The zero-order valence-electron chi connectivity index (χ0n) is 9.99. The summed E-state index contributed by atoms with van der Waals surface area (Å²) < 4.78 is 43.1. The Morgan fingerprint density at radius 3 is 2.78 bits per heavy atom. The molecule has 1 aromatic rings. The van der Waals surface area contributed by atoms with Gasteiger partial charge in [0.05, 0.1) is 18.3 Å². The fraction of sp³-hybridized carbons (Fsp3) is 0.692. The van der Waals surface area contributed by atoms with Gasteiger partial charge in [0, 0.05) is 6.42 Å². The van der Waals surface area contributed by atoms with Gasteiger partial charge in [0.15, 0.2) is 0 Å². The van der Waals surface area contributed by atoms with Crippen LogP contribution < -0.4 is 0 Å². The van der Waals surface area contributed by atoms with Crippen LogP contribution in [0.4, 0.5) is 13.2 Å². The van der Waals surface area contributed by atoms with Crippen LogP contribution >= 0.6 is 0 Å². The van der Waals surface area contributed by atoms with Crippen molar-refractivity contribution in [2.45, 2.75) is 44.4 Å². The van der Waals surface area contributed by atoms with Crippen LogP contribution in [0.2, 0.25) is 0 Å². The summed E-state index contributed by atoms with van der Waals surface area (Å²) in [6, 6.07) is 3.44. The Labute approximate surface area is 104 Å². The van der Waals surface area contributed by atoms with Crippen LogP contribution in [0.3, 0.4) is 0 Å². The molecule has 3 unspecified atom stereocenters. The van der Waals surface area contributed by atoms with E-state index in [1.54, 1.807) is 12.1 Å². The van der Waals surface area contributed by atoms with Crippen molar-refractivity contribution in [1.29, 1.82) is 0 Å². The third-order valence-electron chi connectivity index (χ3n) is 3.71. The Balaban J connectivity index is 1.92. The molecular weight excluding hydrogens is 245 g/mol. The predicted octanol–water partition coefficient (Wildman–Crippen LogP) is 3.55. The standard InChI is InChI=1S/C13H17F3O2/c14-13(15,16)10-4-1-3-9(7-10)12(17)8-11-5-2-6-18-11/h2,5-6,9-10,12,17H,1,3-4,7-8H2. The highest BCUT2D eigenvalue weighted by Gasteiger charge is 2.43. The number of halogens is 3. The number of alkyl halides is 3. The summed E-state index contributed by atoms with van der Waals surface area (Å²) in [6.45, 7) is 0.